The molecule has 0 N–H and O–H groups in total. The van der Waals surface area contributed by atoms with Crippen LogP contribution in [-0.4, -0.2) is 44.3 Å². The van der Waals surface area contributed by atoms with Crippen LogP contribution in [0.2, 0.25) is 0 Å². The number of nitrogens with zero attached hydrogens (tertiary/aromatic N) is 2. The Hall–Kier alpha value is -2.36. The highest BCUT2D eigenvalue weighted by Crippen LogP contribution is 2.34. The van der Waals surface area contributed by atoms with Gasteiger partial charge in [0.05, 0.1) is 33.5 Å². The molecule has 0 bridgehead atoms. The number of para-hydroxylation sites is 1. The Bertz CT molecular complexity index is 1230. The highest BCUT2D eigenvalue weighted by molar-refractivity contribution is 7.91. The fourth-order valence-corrected chi connectivity index (χ4v) is 6.19. The van der Waals surface area contributed by atoms with Gasteiger partial charge >= 0.3 is 0 Å². The Morgan fingerprint density at radius 1 is 1.24 bits per heavy atom. The predicted octanol–water partition coefficient (Wildman–Crippen LogP) is 4.93. The Labute approximate surface area is 197 Å². The number of benzene rings is 2. The average Bonchev–Trinajstić information content (AvgIpc) is 3.45. The van der Waals surface area contributed by atoms with E-state index in [0.29, 0.717) is 18.3 Å². The maximum Gasteiger partial charge on any atom is 0.229 e. The maximum absolute atomic E-state index is 13.3. The third-order valence-electron chi connectivity index (χ3n) is 5.76. The zero-order valence-electron chi connectivity index (χ0n) is 18.7. The number of rotatable bonds is 8. The lowest BCUT2D eigenvalue weighted by Crippen LogP contribution is -2.38. The van der Waals surface area contributed by atoms with Crippen molar-refractivity contribution >= 4 is 42.4 Å². The van der Waals surface area contributed by atoms with Crippen LogP contribution < -0.4 is 4.90 Å². The summed E-state index contributed by atoms with van der Waals surface area (Å²) in [4.78, 5) is 19.6. The molecule has 1 aromatic heterocycles. The number of anilines is 1. The van der Waals surface area contributed by atoms with Gasteiger partial charge in [-0.25, -0.2) is 17.8 Å². The number of carbonyl (C=O) groups is 1. The molecule has 0 aliphatic carbocycles. The molecule has 33 heavy (non-hydrogen) atoms. The number of amides is 1. The summed E-state index contributed by atoms with van der Waals surface area (Å²) in [6, 6.07) is 10.7. The molecule has 1 aliphatic rings. The number of ether oxygens (including phenoxy) is 1. The predicted molar refractivity (Wildman–Crippen MR) is 128 cm³/mol. The highest BCUT2D eigenvalue weighted by Gasteiger charge is 2.28. The van der Waals surface area contributed by atoms with Crippen molar-refractivity contribution in [2.75, 3.05) is 23.8 Å². The van der Waals surface area contributed by atoms with Crippen molar-refractivity contribution in [3.8, 4) is 0 Å². The fourth-order valence-electron chi connectivity index (χ4n) is 3.93. The van der Waals surface area contributed by atoms with Crippen molar-refractivity contribution in [3.63, 3.8) is 0 Å². The Morgan fingerprint density at radius 2 is 2.00 bits per heavy atom. The van der Waals surface area contributed by atoms with Crippen LogP contribution in [-0.2, 0) is 19.4 Å². The monoisotopic (exact) mass is 490 g/mol. The number of thiazole rings is 1. The SMILES string of the molecule is CC(C)c1cccc2sc(N(CC3CCCO3)C(=O)CCS(=O)(=O)c3ccc(F)cc3)nc12. The second kappa shape index (κ2) is 9.87. The van der Waals surface area contributed by atoms with E-state index in [1.54, 1.807) is 4.90 Å². The Balaban J connectivity index is 1.59. The van der Waals surface area contributed by atoms with Crippen molar-refractivity contribution in [2.45, 2.75) is 50.0 Å². The fraction of sp³-hybridized carbons (Fsp3) is 0.417. The quantitative estimate of drug-likeness (QED) is 0.418. The van der Waals surface area contributed by atoms with E-state index in [2.05, 4.69) is 13.8 Å². The van der Waals surface area contributed by atoms with Crippen LogP contribution in [0.1, 0.15) is 44.6 Å². The molecule has 9 heteroatoms. The first-order valence-electron chi connectivity index (χ1n) is 11.0. The molecule has 0 saturated carbocycles. The van der Waals surface area contributed by atoms with Crippen molar-refractivity contribution < 1.29 is 22.3 Å². The van der Waals surface area contributed by atoms with Gasteiger partial charge in [0, 0.05) is 13.0 Å². The van der Waals surface area contributed by atoms with E-state index < -0.39 is 15.7 Å². The van der Waals surface area contributed by atoms with E-state index >= 15 is 0 Å². The minimum atomic E-state index is -3.72. The van der Waals surface area contributed by atoms with Gasteiger partial charge in [0.15, 0.2) is 15.0 Å². The van der Waals surface area contributed by atoms with Crippen molar-refractivity contribution in [1.82, 2.24) is 4.98 Å². The lowest BCUT2D eigenvalue weighted by molar-refractivity contribution is -0.118. The number of carbonyl (C=O) groups excluding carboxylic acids is 1. The maximum atomic E-state index is 13.3. The van der Waals surface area contributed by atoms with E-state index in [1.807, 2.05) is 18.2 Å². The Morgan fingerprint density at radius 3 is 2.67 bits per heavy atom. The zero-order chi connectivity index (χ0) is 23.6. The molecule has 2 aromatic carbocycles. The minimum absolute atomic E-state index is 0.00365. The molecule has 1 unspecified atom stereocenters. The summed E-state index contributed by atoms with van der Waals surface area (Å²) in [7, 11) is -3.72. The molecule has 1 amide bonds. The van der Waals surface area contributed by atoms with E-state index in [0.717, 1.165) is 40.8 Å². The van der Waals surface area contributed by atoms with Crippen LogP contribution in [0, 0.1) is 5.82 Å². The number of fused-ring (bicyclic) bond motifs is 1. The van der Waals surface area contributed by atoms with Crippen molar-refractivity contribution in [1.29, 1.82) is 0 Å². The number of aromatic nitrogens is 1. The zero-order valence-corrected chi connectivity index (χ0v) is 20.3. The third kappa shape index (κ3) is 5.42. The topological polar surface area (TPSA) is 76.6 Å². The van der Waals surface area contributed by atoms with Crippen LogP contribution in [0.15, 0.2) is 47.4 Å². The van der Waals surface area contributed by atoms with Crippen molar-refractivity contribution in [2.24, 2.45) is 0 Å². The highest BCUT2D eigenvalue weighted by atomic mass is 32.2. The third-order valence-corrected chi connectivity index (χ3v) is 8.54. The molecular weight excluding hydrogens is 463 g/mol. The molecule has 3 aromatic rings. The van der Waals surface area contributed by atoms with E-state index in [-0.39, 0.29) is 35.0 Å². The van der Waals surface area contributed by atoms with Crippen LogP contribution >= 0.6 is 11.3 Å². The first-order valence-corrected chi connectivity index (χ1v) is 13.5. The Kier molecular flexibility index (Phi) is 7.11. The van der Waals surface area contributed by atoms with Crippen LogP contribution in [0.25, 0.3) is 10.2 Å². The van der Waals surface area contributed by atoms with Gasteiger partial charge in [0.2, 0.25) is 5.91 Å². The van der Waals surface area contributed by atoms with E-state index in [4.69, 9.17) is 9.72 Å². The molecule has 0 radical (unpaired) electrons. The summed E-state index contributed by atoms with van der Waals surface area (Å²) in [6.45, 7) is 5.20. The summed E-state index contributed by atoms with van der Waals surface area (Å²) >= 11 is 1.43. The molecule has 1 atom stereocenters. The second-order valence-electron chi connectivity index (χ2n) is 8.51. The molecule has 4 rings (SSSR count). The van der Waals surface area contributed by atoms with Gasteiger partial charge in [0.25, 0.3) is 0 Å². The molecule has 2 heterocycles. The van der Waals surface area contributed by atoms with E-state index in [1.165, 1.54) is 23.5 Å². The summed E-state index contributed by atoms with van der Waals surface area (Å²) in [6.07, 6.45) is 1.49. The first kappa shape index (κ1) is 23.8. The van der Waals surface area contributed by atoms with Gasteiger partial charge in [-0.05, 0) is 54.7 Å². The van der Waals surface area contributed by atoms with Gasteiger partial charge in [-0.15, -0.1) is 0 Å². The lowest BCUT2D eigenvalue weighted by atomic mass is 10.0. The largest absolute Gasteiger partial charge is 0.376 e. The van der Waals surface area contributed by atoms with Gasteiger partial charge in [0.1, 0.15) is 5.82 Å². The standard InChI is InChI=1S/C24H27FN2O4S2/c1-16(2)20-6-3-7-21-23(20)26-24(32-21)27(15-18-5-4-13-31-18)22(28)12-14-33(29,30)19-10-8-17(25)9-11-19/h3,6-11,16,18H,4-5,12-15H2,1-2H3. The summed E-state index contributed by atoms with van der Waals surface area (Å²) in [5.41, 5.74) is 1.98. The van der Waals surface area contributed by atoms with Gasteiger partial charge in [-0.1, -0.05) is 37.3 Å². The number of hydrogen-bond donors (Lipinski definition) is 0. The number of hydrogen-bond acceptors (Lipinski definition) is 6. The molecule has 0 spiro atoms. The van der Waals surface area contributed by atoms with Gasteiger partial charge in [-0.3, -0.25) is 9.69 Å². The normalized spacial score (nSPS) is 16.5. The van der Waals surface area contributed by atoms with Crippen molar-refractivity contribution in [3.05, 3.63) is 53.8 Å². The van der Waals surface area contributed by atoms with Gasteiger partial charge < -0.3 is 4.74 Å². The number of sulfone groups is 1. The minimum Gasteiger partial charge on any atom is -0.376 e. The smallest absolute Gasteiger partial charge is 0.229 e. The second-order valence-corrected chi connectivity index (χ2v) is 11.6. The average molecular weight is 491 g/mol. The lowest BCUT2D eigenvalue weighted by Gasteiger charge is -2.23. The summed E-state index contributed by atoms with van der Waals surface area (Å²) < 4.78 is 45.3. The van der Waals surface area contributed by atoms with Crippen LogP contribution in [0.4, 0.5) is 9.52 Å². The summed E-state index contributed by atoms with van der Waals surface area (Å²) in [5, 5.41) is 0.554. The van der Waals surface area contributed by atoms with Gasteiger partial charge in [-0.2, -0.15) is 0 Å². The molecular formula is C24H27FN2O4S2. The van der Waals surface area contributed by atoms with Crippen LogP contribution in [0.3, 0.4) is 0 Å². The van der Waals surface area contributed by atoms with Crippen LogP contribution in [0.5, 0.6) is 0 Å². The van der Waals surface area contributed by atoms with E-state index in [9.17, 15) is 17.6 Å². The number of halogens is 1. The molecule has 1 aliphatic heterocycles. The molecule has 1 saturated heterocycles. The molecule has 6 nitrogen and oxygen atoms in total. The first-order chi connectivity index (χ1) is 15.7. The summed E-state index contributed by atoms with van der Waals surface area (Å²) in [5.74, 6) is -0.903. The molecule has 176 valence electrons. The molecule has 1 fully saturated rings.